The number of nitrogens with zero attached hydrogens (tertiary/aromatic N) is 3. The molecule has 2 atom stereocenters. The molecule has 11 nitrogen and oxygen atoms in total. The minimum atomic E-state index is -3.80. The zero-order chi connectivity index (χ0) is 27.4. The third-order valence-corrected chi connectivity index (χ3v) is 8.72. The van der Waals surface area contributed by atoms with Crippen LogP contribution in [0.4, 0.5) is 0 Å². The zero-order valence-corrected chi connectivity index (χ0v) is 22.4. The molecule has 1 saturated heterocycles. The highest BCUT2D eigenvalue weighted by molar-refractivity contribution is 7.89. The number of carbonyl (C=O) groups excluding carboxylic acids is 2. The van der Waals surface area contributed by atoms with E-state index in [9.17, 15) is 18.0 Å². The molecule has 3 aromatic rings. The Kier molecular flexibility index (Phi) is 7.96. The molecule has 12 heteroatoms. The van der Waals surface area contributed by atoms with E-state index in [-0.39, 0.29) is 49.4 Å². The van der Waals surface area contributed by atoms with E-state index < -0.39 is 22.2 Å². The number of aromatic nitrogens is 2. The number of fused-ring (bicyclic) bond motifs is 5. The molecule has 0 aliphatic carbocycles. The zero-order valence-electron chi connectivity index (χ0n) is 21.6. The van der Waals surface area contributed by atoms with E-state index in [2.05, 4.69) is 15.5 Å². The highest BCUT2D eigenvalue weighted by Crippen LogP contribution is 2.26. The maximum Gasteiger partial charge on any atom is 0.246 e. The molecule has 206 valence electrons. The Balaban J connectivity index is 1.42. The average Bonchev–Trinajstić information content (AvgIpc) is 3.47. The molecule has 0 spiro atoms. The standard InChI is InChI=1S/C27H31N5O6S/c1-2-31-17-26(33)30-24-16-32(39(35,36)23-14-28-29-15-23)10-9-25(24)37-18-20-6-4-8-22(12-20)38-21-7-3-5-19(11-21)13-27(31)34/h3-8,11-12,14-15,24-25H,2,9-10,13,16-18H2,1H3,(H,28,29)(H,30,33)/t24-,25-/m0/s1. The van der Waals surface area contributed by atoms with Crippen LogP contribution < -0.4 is 10.1 Å². The maximum absolute atomic E-state index is 13.1. The monoisotopic (exact) mass is 553 g/mol. The molecule has 2 N–H and O–H groups in total. The largest absolute Gasteiger partial charge is 0.457 e. The third-order valence-electron chi connectivity index (χ3n) is 6.89. The second-order valence-corrected chi connectivity index (χ2v) is 11.5. The molecule has 5 rings (SSSR count). The van der Waals surface area contributed by atoms with Crippen LogP contribution in [0.25, 0.3) is 0 Å². The van der Waals surface area contributed by atoms with E-state index >= 15 is 0 Å². The summed E-state index contributed by atoms with van der Waals surface area (Å²) in [5, 5.41) is 9.23. The summed E-state index contributed by atoms with van der Waals surface area (Å²) < 4.78 is 39.9. The SMILES string of the molecule is CCN1CC(=O)N[C@H]2CN(S(=O)(=O)c3cn[nH]c3)CC[C@@H]2OCc2cccc(c2)Oc2cccc(c2)CC1=O. The first kappa shape index (κ1) is 26.9. The quantitative estimate of drug-likeness (QED) is 0.507. The van der Waals surface area contributed by atoms with Crippen molar-refractivity contribution in [3.63, 3.8) is 0 Å². The Morgan fingerprint density at radius 3 is 2.54 bits per heavy atom. The molecule has 2 aliphatic heterocycles. The number of amides is 2. The van der Waals surface area contributed by atoms with Crippen molar-refractivity contribution < 1.29 is 27.5 Å². The van der Waals surface area contributed by atoms with Gasteiger partial charge in [0.1, 0.15) is 16.4 Å². The van der Waals surface area contributed by atoms with Gasteiger partial charge in [-0.3, -0.25) is 14.7 Å². The first-order valence-corrected chi connectivity index (χ1v) is 14.3. The predicted octanol–water partition coefficient (Wildman–Crippen LogP) is 2.07. The fourth-order valence-electron chi connectivity index (χ4n) is 4.83. The lowest BCUT2D eigenvalue weighted by molar-refractivity contribution is -0.136. The van der Waals surface area contributed by atoms with Crippen LogP contribution in [-0.2, 0) is 37.4 Å². The molecule has 3 heterocycles. The lowest BCUT2D eigenvalue weighted by Gasteiger charge is -2.38. The Labute approximate surface area is 227 Å². The van der Waals surface area contributed by atoms with E-state index in [0.717, 1.165) is 11.1 Å². The van der Waals surface area contributed by atoms with Gasteiger partial charge in [-0.2, -0.15) is 9.40 Å². The molecule has 2 aromatic carbocycles. The number of ether oxygens (including phenoxy) is 2. The summed E-state index contributed by atoms with van der Waals surface area (Å²) in [5.74, 6) is 0.658. The van der Waals surface area contributed by atoms with Gasteiger partial charge < -0.3 is 19.7 Å². The van der Waals surface area contributed by atoms with Gasteiger partial charge in [0.15, 0.2) is 0 Å². The number of H-pyrrole nitrogens is 1. The van der Waals surface area contributed by atoms with Crippen molar-refractivity contribution in [2.45, 2.75) is 43.4 Å². The Hall–Kier alpha value is -3.74. The summed E-state index contributed by atoms with van der Waals surface area (Å²) in [4.78, 5) is 27.7. The van der Waals surface area contributed by atoms with Gasteiger partial charge in [-0.15, -0.1) is 0 Å². The topological polar surface area (TPSA) is 134 Å². The lowest BCUT2D eigenvalue weighted by atomic mass is 10.0. The molecule has 2 aliphatic rings. The number of sulfonamides is 1. The van der Waals surface area contributed by atoms with E-state index in [1.54, 1.807) is 0 Å². The van der Waals surface area contributed by atoms with Crippen LogP contribution in [0, 0.1) is 0 Å². The van der Waals surface area contributed by atoms with Crippen LogP contribution in [0.2, 0.25) is 0 Å². The Morgan fingerprint density at radius 1 is 1.08 bits per heavy atom. The molecule has 1 aromatic heterocycles. The van der Waals surface area contributed by atoms with Gasteiger partial charge in [0.25, 0.3) is 0 Å². The number of benzene rings is 2. The minimum absolute atomic E-state index is 0.0268. The number of hydrogen-bond acceptors (Lipinski definition) is 7. The van der Waals surface area contributed by atoms with Crippen LogP contribution in [-0.4, -0.2) is 78.0 Å². The smallest absolute Gasteiger partial charge is 0.246 e. The first-order valence-electron chi connectivity index (χ1n) is 12.8. The van der Waals surface area contributed by atoms with Crippen molar-refractivity contribution in [2.24, 2.45) is 0 Å². The van der Waals surface area contributed by atoms with Crippen LogP contribution in [0.3, 0.4) is 0 Å². The van der Waals surface area contributed by atoms with Crippen molar-refractivity contribution in [1.82, 2.24) is 24.7 Å². The van der Waals surface area contributed by atoms with Crippen molar-refractivity contribution in [3.8, 4) is 11.5 Å². The predicted molar refractivity (Wildman–Crippen MR) is 141 cm³/mol. The summed E-state index contributed by atoms with van der Waals surface area (Å²) in [5.41, 5.74) is 1.64. The minimum Gasteiger partial charge on any atom is -0.457 e. The molecule has 0 radical (unpaired) electrons. The summed E-state index contributed by atoms with van der Waals surface area (Å²) in [7, 11) is -3.80. The number of aromatic amines is 1. The van der Waals surface area contributed by atoms with Crippen LogP contribution in [0.1, 0.15) is 24.5 Å². The number of carbonyl (C=O) groups is 2. The van der Waals surface area contributed by atoms with Crippen molar-refractivity contribution >= 4 is 21.8 Å². The highest BCUT2D eigenvalue weighted by atomic mass is 32.2. The maximum atomic E-state index is 13.1. The second kappa shape index (κ2) is 11.6. The van der Waals surface area contributed by atoms with Crippen LogP contribution in [0.5, 0.6) is 11.5 Å². The van der Waals surface area contributed by atoms with Crippen molar-refractivity contribution in [2.75, 3.05) is 26.2 Å². The van der Waals surface area contributed by atoms with Gasteiger partial charge in [0, 0.05) is 25.8 Å². The van der Waals surface area contributed by atoms with E-state index in [1.807, 2.05) is 55.5 Å². The van der Waals surface area contributed by atoms with Gasteiger partial charge in [-0.25, -0.2) is 8.42 Å². The summed E-state index contributed by atoms with van der Waals surface area (Å²) >= 11 is 0. The molecule has 0 unspecified atom stereocenters. The van der Waals surface area contributed by atoms with E-state index in [0.29, 0.717) is 24.5 Å². The normalized spacial score (nSPS) is 21.4. The van der Waals surface area contributed by atoms with Crippen LogP contribution >= 0.6 is 0 Å². The van der Waals surface area contributed by atoms with Gasteiger partial charge >= 0.3 is 0 Å². The summed E-state index contributed by atoms with van der Waals surface area (Å²) in [6.45, 7) is 2.51. The van der Waals surface area contributed by atoms with Gasteiger partial charge in [-0.1, -0.05) is 24.3 Å². The lowest BCUT2D eigenvalue weighted by Crippen LogP contribution is -2.58. The number of rotatable bonds is 3. The Bertz CT molecular complexity index is 1430. The van der Waals surface area contributed by atoms with Crippen LogP contribution in [0.15, 0.2) is 65.8 Å². The van der Waals surface area contributed by atoms with Crippen molar-refractivity contribution in [3.05, 3.63) is 72.1 Å². The van der Waals surface area contributed by atoms with E-state index in [1.165, 1.54) is 21.6 Å². The van der Waals surface area contributed by atoms with Gasteiger partial charge in [-0.05, 0) is 48.7 Å². The molecular weight excluding hydrogens is 522 g/mol. The molecule has 1 fully saturated rings. The second-order valence-electron chi connectivity index (χ2n) is 9.59. The Morgan fingerprint density at radius 2 is 1.82 bits per heavy atom. The van der Waals surface area contributed by atoms with E-state index in [4.69, 9.17) is 9.47 Å². The summed E-state index contributed by atoms with van der Waals surface area (Å²) in [6, 6.07) is 14.2. The molecule has 39 heavy (non-hydrogen) atoms. The fourth-order valence-corrected chi connectivity index (χ4v) is 6.22. The number of hydrogen-bond donors (Lipinski definition) is 2. The van der Waals surface area contributed by atoms with Gasteiger partial charge in [0.05, 0.1) is 37.9 Å². The average molecular weight is 554 g/mol. The molecule has 2 amide bonds. The van der Waals surface area contributed by atoms with Gasteiger partial charge in [0.2, 0.25) is 21.8 Å². The van der Waals surface area contributed by atoms with Crippen molar-refractivity contribution in [1.29, 1.82) is 0 Å². The molecular formula is C27H31N5O6S. The molecule has 0 saturated carbocycles. The number of likely N-dealkylation sites (N-methyl/N-ethyl adjacent to an activating group) is 1. The molecule has 4 bridgehead atoms. The number of nitrogens with one attached hydrogen (secondary N) is 2. The number of piperidine rings is 1. The third kappa shape index (κ3) is 6.29. The first-order chi connectivity index (χ1) is 18.8. The fraction of sp³-hybridized carbons (Fsp3) is 0.370. The highest BCUT2D eigenvalue weighted by Gasteiger charge is 2.37. The summed E-state index contributed by atoms with van der Waals surface area (Å²) in [6.07, 6.45) is 2.64.